The number of ether oxygens (including phenoxy) is 1. The molecule has 0 saturated heterocycles. The molecule has 2 saturated carbocycles. The fourth-order valence-corrected chi connectivity index (χ4v) is 6.46. The summed E-state index contributed by atoms with van der Waals surface area (Å²) in [5.41, 5.74) is 2.08. The van der Waals surface area contributed by atoms with Crippen LogP contribution in [-0.4, -0.2) is 0 Å². The molecule has 0 amide bonds. The predicted molar refractivity (Wildman–Crippen MR) is 145 cm³/mol. The first-order valence-electron chi connectivity index (χ1n) is 14.4. The third-order valence-corrected chi connectivity index (χ3v) is 9.03. The van der Waals surface area contributed by atoms with Crippen molar-refractivity contribution in [3.05, 3.63) is 83.2 Å². The molecule has 2 fully saturated rings. The van der Waals surface area contributed by atoms with Crippen LogP contribution < -0.4 is 0 Å². The van der Waals surface area contributed by atoms with Gasteiger partial charge in [0.1, 0.15) is 5.82 Å². The Bertz CT molecular complexity index is 999. The molecule has 4 heteroatoms. The van der Waals surface area contributed by atoms with Crippen molar-refractivity contribution in [2.75, 3.05) is 0 Å². The van der Waals surface area contributed by atoms with Crippen molar-refractivity contribution in [3.63, 3.8) is 0 Å². The van der Waals surface area contributed by atoms with Gasteiger partial charge in [0.15, 0.2) is 0 Å². The monoisotopic (exact) mass is 512 g/mol. The fraction of sp³-hybridized carbons (Fsp3) is 0.576. The van der Waals surface area contributed by atoms with E-state index in [0.717, 1.165) is 50.0 Å². The van der Waals surface area contributed by atoms with Gasteiger partial charge in [0.05, 0.1) is 11.7 Å². The molecule has 0 aliphatic heterocycles. The quantitative estimate of drug-likeness (QED) is 0.288. The van der Waals surface area contributed by atoms with Gasteiger partial charge in [-0.25, -0.2) is 4.39 Å². The van der Waals surface area contributed by atoms with E-state index in [1.807, 2.05) is 30.3 Å². The van der Waals surface area contributed by atoms with Crippen molar-refractivity contribution in [2.24, 2.45) is 11.8 Å². The molecular formula is C33H43F3O. The molecule has 2 aromatic carbocycles. The van der Waals surface area contributed by atoms with E-state index in [4.69, 9.17) is 4.74 Å². The second-order valence-corrected chi connectivity index (χ2v) is 11.4. The van der Waals surface area contributed by atoms with Crippen LogP contribution in [0.2, 0.25) is 0 Å². The first-order chi connectivity index (χ1) is 17.8. The zero-order valence-electron chi connectivity index (χ0n) is 22.5. The van der Waals surface area contributed by atoms with E-state index < -0.39 is 23.6 Å². The molecule has 4 rings (SSSR count). The number of hydrogen-bond donors (Lipinski definition) is 0. The van der Waals surface area contributed by atoms with Crippen LogP contribution in [0.15, 0.2) is 55.1 Å². The molecule has 0 aromatic heterocycles. The van der Waals surface area contributed by atoms with Crippen LogP contribution >= 0.6 is 0 Å². The van der Waals surface area contributed by atoms with Gasteiger partial charge in [-0.1, -0.05) is 49.8 Å². The highest BCUT2D eigenvalue weighted by molar-refractivity contribution is 5.30. The topological polar surface area (TPSA) is 9.23 Å². The van der Waals surface area contributed by atoms with Gasteiger partial charge in [-0.3, -0.25) is 0 Å². The van der Waals surface area contributed by atoms with Crippen LogP contribution in [0.3, 0.4) is 0 Å². The van der Waals surface area contributed by atoms with Crippen molar-refractivity contribution < 1.29 is 17.9 Å². The lowest BCUT2D eigenvalue weighted by atomic mass is 9.77. The molecule has 202 valence electrons. The van der Waals surface area contributed by atoms with Crippen molar-refractivity contribution in [2.45, 2.75) is 109 Å². The van der Waals surface area contributed by atoms with Gasteiger partial charge >= 0.3 is 6.11 Å². The molecular weight excluding hydrogens is 469 g/mol. The second-order valence-electron chi connectivity index (χ2n) is 11.4. The van der Waals surface area contributed by atoms with E-state index in [1.54, 1.807) is 13.0 Å². The summed E-state index contributed by atoms with van der Waals surface area (Å²) < 4.78 is 50.2. The predicted octanol–water partition coefficient (Wildman–Crippen LogP) is 10.6. The van der Waals surface area contributed by atoms with E-state index in [1.165, 1.54) is 49.8 Å². The number of hydrogen-bond acceptors (Lipinski definition) is 1. The highest BCUT2D eigenvalue weighted by Crippen LogP contribution is 2.42. The second kappa shape index (κ2) is 12.7. The van der Waals surface area contributed by atoms with Crippen LogP contribution in [0.1, 0.15) is 125 Å². The summed E-state index contributed by atoms with van der Waals surface area (Å²) in [6.07, 6.45) is 9.84. The molecule has 2 aromatic rings. The van der Waals surface area contributed by atoms with Crippen LogP contribution in [0.25, 0.3) is 0 Å². The number of alkyl halides is 2. The average molecular weight is 513 g/mol. The zero-order chi connectivity index (χ0) is 26.4. The minimum Gasteiger partial charge on any atom is -0.309 e. The van der Waals surface area contributed by atoms with E-state index in [2.05, 4.69) is 13.5 Å². The van der Waals surface area contributed by atoms with Crippen LogP contribution in [0.4, 0.5) is 13.2 Å². The van der Waals surface area contributed by atoms with Gasteiger partial charge in [0.2, 0.25) is 0 Å². The lowest BCUT2D eigenvalue weighted by Gasteiger charge is -2.29. The first-order valence-corrected chi connectivity index (χ1v) is 14.4. The van der Waals surface area contributed by atoms with Gasteiger partial charge in [-0.05, 0) is 124 Å². The lowest BCUT2D eigenvalue weighted by Crippen LogP contribution is -2.22. The van der Waals surface area contributed by atoms with E-state index in [9.17, 15) is 4.39 Å². The molecule has 1 unspecified atom stereocenters. The third kappa shape index (κ3) is 7.07. The Morgan fingerprint density at radius 1 is 0.892 bits per heavy atom. The van der Waals surface area contributed by atoms with Gasteiger partial charge < -0.3 is 4.74 Å². The molecule has 0 N–H and O–H groups in total. The highest BCUT2D eigenvalue weighted by atomic mass is 19.3. The van der Waals surface area contributed by atoms with E-state index in [0.29, 0.717) is 17.4 Å². The molecule has 37 heavy (non-hydrogen) atoms. The van der Waals surface area contributed by atoms with Crippen LogP contribution in [-0.2, 0) is 10.8 Å². The average Bonchev–Trinajstić information content (AvgIpc) is 2.92. The fourth-order valence-electron chi connectivity index (χ4n) is 6.46. The molecule has 2 aliphatic rings. The molecule has 1 atom stereocenters. The standard InChI is InChI=1S/C33H43F3O/c1-4-6-7-25-10-14-29(15-11-25)30-20-21-31(32(34)22-30)33(35,36)37-23(3)26-16-18-28(19-17-26)27-12-8-24(5-2)9-13-27/h4,16-25,27,29H,1,5-15H2,2-3H3. The normalized spacial score (nSPS) is 25.5. The Morgan fingerprint density at radius 2 is 1.46 bits per heavy atom. The summed E-state index contributed by atoms with van der Waals surface area (Å²) in [5, 5.41) is 0. The number of benzene rings is 2. The van der Waals surface area contributed by atoms with Gasteiger partial charge in [0.25, 0.3) is 0 Å². The molecule has 1 nitrogen and oxygen atoms in total. The summed E-state index contributed by atoms with van der Waals surface area (Å²) in [7, 11) is 0. The van der Waals surface area contributed by atoms with Crippen molar-refractivity contribution >= 4 is 0 Å². The summed E-state index contributed by atoms with van der Waals surface area (Å²) in [4.78, 5) is 0. The Morgan fingerprint density at radius 3 is 2.03 bits per heavy atom. The summed E-state index contributed by atoms with van der Waals surface area (Å²) >= 11 is 0. The molecule has 0 heterocycles. The summed E-state index contributed by atoms with van der Waals surface area (Å²) in [6.45, 7) is 7.65. The maximum Gasteiger partial charge on any atom is 0.386 e. The summed E-state index contributed by atoms with van der Waals surface area (Å²) in [5.74, 6) is 1.41. The Kier molecular flexibility index (Phi) is 9.56. The molecule has 0 spiro atoms. The third-order valence-electron chi connectivity index (χ3n) is 9.03. The number of halogens is 3. The van der Waals surface area contributed by atoms with Gasteiger partial charge in [-0.2, -0.15) is 8.78 Å². The Hall–Kier alpha value is -2.07. The Labute approximate surface area is 221 Å². The smallest absolute Gasteiger partial charge is 0.309 e. The van der Waals surface area contributed by atoms with Crippen LogP contribution in [0, 0.1) is 17.7 Å². The minimum absolute atomic E-state index is 0.229. The highest BCUT2D eigenvalue weighted by Gasteiger charge is 2.38. The first kappa shape index (κ1) is 28.0. The number of rotatable bonds is 10. The summed E-state index contributed by atoms with van der Waals surface area (Å²) in [6, 6.07) is 12.0. The molecule has 2 aliphatic carbocycles. The largest absolute Gasteiger partial charge is 0.386 e. The van der Waals surface area contributed by atoms with Gasteiger partial charge in [0, 0.05) is 0 Å². The molecule has 0 radical (unpaired) electrons. The zero-order valence-corrected chi connectivity index (χ0v) is 22.5. The van der Waals surface area contributed by atoms with Crippen molar-refractivity contribution in [1.29, 1.82) is 0 Å². The number of allylic oxidation sites excluding steroid dienone is 1. The van der Waals surface area contributed by atoms with Crippen molar-refractivity contribution in [1.82, 2.24) is 0 Å². The SMILES string of the molecule is C=CCCC1CCC(c2ccc(C(F)(F)OC(C)c3ccc(C4CCC(CC)CC4)cc3)c(F)c2)CC1. The molecule has 0 bridgehead atoms. The van der Waals surface area contributed by atoms with Crippen molar-refractivity contribution in [3.8, 4) is 0 Å². The van der Waals surface area contributed by atoms with Crippen LogP contribution in [0.5, 0.6) is 0 Å². The Balaban J connectivity index is 1.35. The minimum atomic E-state index is -3.71. The van der Waals surface area contributed by atoms with E-state index >= 15 is 8.78 Å². The van der Waals surface area contributed by atoms with E-state index in [-0.39, 0.29) is 5.92 Å². The lowest BCUT2D eigenvalue weighted by molar-refractivity contribution is -0.273. The van der Waals surface area contributed by atoms with Gasteiger partial charge in [-0.15, -0.1) is 6.58 Å². The maximum absolute atomic E-state index is 15.1. The maximum atomic E-state index is 15.1.